The lowest BCUT2D eigenvalue weighted by Crippen LogP contribution is -2.28. The molecule has 0 radical (unpaired) electrons. The summed E-state index contributed by atoms with van der Waals surface area (Å²) >= 11 is 0. The molecule has 1 aliphatic rings. The van der Waals surface area contributed by atoms with Gasteiger partial charge in [0.05, 0.1) is 24.5 Å². The van der Waals surface area contributed by atoms with Crippen molar-refractivity contribution in [1.29, 1.82) is 0 Å². The van der Waals surface area contributed by atoms with Crippen molar-refractivity contribution in [2.24, 2.45) is 0 Å². The molecule has 0 saturated carbocycles. The lowest BCUT2D eigenvalue weighted by atomic mass is 10.1. The first-order valence-corrected chi connectivity index (χ1v) is 7.57. The highest BCUT2D eigenvalue weighted by molar-refractivity contribution is 5.74. The third-order valence-electron chi connectivity index (χ3n) is 4.16. The molecule has 114 valence electrons. The zero-order valence-corrected chi connectivity index (χ0v) is 13.0. The Hall–Kier alpha value is -2.36. The van der Waals surface area contributed by atoms with E-state index in [-0.39, 0.29) is 11.9 Å². The molecule has 1 aliphatic heterocycles. The molecule has 3 rings (SSSR count). The monoisotopic (exact) mass is 296 g/mol. The first kappa shape index (κ1) is 14.6. The molecule has 0 unspecified atom stereocenters. The molecule has 1 saturated heterocycles. The first-order valence-electron chi connectivity index (χ1n) is 7.57. The van der Waals surface area contributed by atoms with Crippen LogP contribution in [0.5, 0.6) is 5.75 Å². The Balaban J connectivity index is 1.90. The summed E-state index contributed by atoms with van der Waals surface area (Å²) in [6, 6.07) is 14.0. The van der Waals surface area contributed by atoms with Crippen LogP contribution in [0.25, 0.3) is 11.3 Å². The van der Waals surface area contributed by atoms with Gasteiger partial charge >= 0.3 is 0 Å². The number of carbonyl (C=O) groups excluding carboxylic acids is 1. The Bertz CT molecular complexity index is 667. The van der Waals surface area contributed by atoms with Crippen molar-refractivity contribution in [3.63, 3.8) is 0 Å². The molecule has 22 heavy (non-hydrogen) atoms. The second kappa shape index (κ2) is 6.18. The van der Waals surface area contributed by atoms with E-state index >= 15 is 0 Å². The molecule has 2 heterocycles. The number of hydrogen-bond acceptors (Lipinski definition) is 3. The van der Waals surface area contributed by atoms with E-state index in [1.165, 1.54) is 0 Å². The van der Waals surface area contributed by atoms with Gasteiger partial charge in [0.25, 0.3) is 0 Å². The van der Waals surface area contributed by atoms with Crippen LogP contribution in [0.15, 0.2) is 42.5 Å². The summed E-state index contributed by atoms with van der Waals surface area (Å²) in [5.74, 6) is 0.956. The van der Waals surface area contributed by atoms with Crippen LogP contribution < -0.4 is 4.74 Å². The fourth-order valence-corrected chi connectivity index (χ4v) is 3.01. The standard InChI is InChI=1S/C18H20N2O2/c1-13(21)20-12-4-7-18(20)17-6-3-5-16(19-17)14-8-10-15(22-2)11-9-14/h3,5-6,8-11,18H,4,7,12H2,1-2H3/t18-/m1/s1. The van der Waals surface area contributed by atoms with E-state index in [9.17, 15) is 4.79 Å². The molecule has 1 atom stereocenters. The van der Waals surface area contributed by atoms with Gasteiger partial charge in [0.15, 0.2) is 0 Å². The van der Waals surface area contributed by atoms with Crippen LogP contribution in [0.4, 0.5) is 0 Å². The van der Waals surface area contributed by atoms with Gasteiger partial charge in [-0.05, 0) is 49.2 Å². The van der Waals surface area contributed by atoms with Crippen LogP contribution in [-0.2, 0) is 4.79 Å². The highest BCUT2D eigenvalue weighted by atomic mass is 16.5. The number of carbonyl (C=O) groups is 1. The van der Waals surface area contributed by atoms with E-state index in [4.69, 9.17) is 9.72 Å². The molecule has 1 fully saturated rings. The highest BCUT2D eigenvalue weighted by Gasteiger charge is 2.28. The molecule has 0 aliphatic carbocycles. The average molecular weight is 296 g/mol. The Morgan fingerprint density at radius 1 is 1.23 bits per heavy atom. The molecule has 4 nitrogen and oxygen atoms in total. The van der Waals surface area contributed by atoms with E-state index in [0.717, 1.165) is 42.1 Å². The maximum atomic E-state index is 11.7. The first-order chi connectivity index (χ1) is 10.7. The molecule has 1 amide bonds. The van der Waals surface area contributed by atoms with Gasteiger partial charge in [0.2, 0.25) is 5.91 Å². The Kier molecular flexibility index (Phi) is 4.09. The van der Waals surface area contributed by atoms with E-state index in [2.05, 4.69) is 0 Å². The molecule has 0 bridgehead atoms. The number of rotatable bonds is 3. The van der Waals surface area contributed by atoms with Crippen LogP contribution in [0, 0.1) is 0 Å². The Labute approximate surface area is 130 Å². The minimum absolute atomic E-state index is 0.107. The zero-order chi connectivity index (χ0) is 15.5. The van der Waals surface area contributed by atoms with Gasteiger partial charge in [-0.15, -0.1) is 0 Å². The van der Waals surface area contributed by atoms with Gasteiger partial charge in [0.1, 0.15) is 5.75 Å². The molecule has 0 spiro atoms. The van der Waals surface area contributed by atoms with Gasteiger partial charge < -0.3 is 9.64 Å². The van der Waals surface area contributed by atoms with Crippen LogP contribution in [0.2, 0.25) is 0 Å². The smallest absolute Gasteiger partial charge is 0.220 e. The van der Waals surface area contributed by atoms with Crippen molar-refractivity contribution in [3.8, 4) is 17.0 Å². The van der Waals surface area contributed by atoms with E-state index in [0.29, 0.717) is 0 Å². The van der Waals surface area contributed by atoms with Crippen molar-refractivity contribution in [3.05, 3.63) is 48.2 Å². The summed E-state index contributed by atoms with van der Waals surface area (Å²) in [6.07, 6.45) is 2.03. The average Bonchev–Trinajstić information content (AvgIpc) is 3.05. The van der Waals surface area contributed by atoms with Gasteiger partial charge in [-0.3, -0.25) is 9.78 Å². The Morgan fingerprint density at radius 3 is 2.68 bits per heavy atom. The van der Waals surface area contributed by atoms with Crippen molar-refractivity contribution in [1.82, 2.24) is 9.88 Å². The molecule has 4 heteroatoms. The van der Waals surface area contributed by atoms with Gasteiger partial charge in [0, 0.05) is 19.0 Å². The van der Waals surface area contributed by atoms with E-state index in [1.807, 2.05) is 47.4 Å². The largest absolute Gasteiger partial charge is 0.497 e. The molecule has 0 N–H and O–H groups in total. The number of hydrogen-bond donors (Lipinski definition) is 0. The fraction of sp³-hybridized carbons (Fsp3) is 0.333. The number of amides is 1. The van der Waals surface area contributed by atoms with Crippen LogP contribution >= 0.6 is 0 Å². The molecule has 1 aromatic carbocycles. The van der Waals surface area contributed by atoms with Crippen LogP contribution in [0.3, 0.4) is 0 Å². The normalized spacial score (nSPS) is 17.5. The summed E-state index contributed by atoms with van der Waals surface area (Å²) in [6.45, 7) is 2.46. The van der Waals surface area contributed by atoms with Crippen molar-refractivity contribution >= 4 is 5.91 Å². The topological polar surface area (TPSA) is 42.4 Å². The third-order valence-corrected chi connectivity index (χ3v) is 4.16. The second-order valence-electron chi connectivity index (χ2n) is 5.55. The maximum absolute atomic E-state index is 11.7. The summed E-state index contributed by atoms with van der Waals surface area (Å²) in [5.41, 5.74) is 2.95. The highest BCUT2D eigenvalue weighted by Crippen LogP contribution is 2.32. The number of aromatic nitrogens is 1. The van der Waals surface area contributed by atoms with Crippen molar-refractivity contribution < 1.29 is 9.53 Å². The summed E-state index contributed by atoms with van der Waals surface area (Å²) in [7, 11) is 1.66. The predicted molar refractivity (Wildman–Crippen MR) is 85.6 cm³/mol. The van der Waals surface area contributed by atoms with E-state index < -0.39 is 0 Å². The lowest BCUT2D eigenvalue weighted by molar-refractivity contribution is -0.129. The van der Waals surface area contributed by atoms with Crippen molar-refractivity contribution in [2.45, 2.75) is 25.8 Å². The van der Waals surface area contributed by atoms with Crippen LogP contribution in [0.1, 0.15) is 31.5 Å². The SMILES string of the molecule is COc1ccc(-c2cccc([C@H]3CCCN3C(C)=O)n2)cc1. The third kappa shape index (κ3) is 2.82. The van der Waals surface area contributed by atoms with Gasteiger partial charge in [-0.25, -0.2) is 0 Å². The fourth-order valence-electron chi connectivity index (χ4n) is 3.01. The summed E-state index contributed by atoms with van der Waals surface area (Å²) in [4.78, 5) is 18.4. The quantitative estimate of drug-likeness (QED) is 0.871. The Morgan fingerprint density at radius 2 is 2.00 bits per heavy atom. The zero-order valence-electron chi connectivity index (χ0n) is 13.0. The number of ether oxygens (including phenoxy) is 1. The van der Waals surface area contributed by atoms with Gasteiger partial charge in [-0.1, -0.05) is 6.07 Å². The number of nitrogens with zero attached hydrogens (tertiary/aromatic N) is 2. The summed E-state index contributed by atoms with van der Waals surface area (Å²) in [5, 5.41) is 0. The lowest BCUT2D eigenvalue weighted by Gasteiger charge is -2.23. The number of likely N-dealkylation sites (tertiary alicyclic amines) is 1. The molecule has 1 aromatic heterocycles. The maximum Gasteiger partial charge on any atom is 0.220 e. The second-order valence-corrected chi connectivity index (χ2v) is 5.55. The minimum Gasteiger partial charge on any atom is -0.497 e. The number of methoxy groups -OCH3 is 1. The summed E-state index contributed by atoms with van der Waals surface area (Å²) < 4.78 is 5.19. The number of pyridine rings is 1. The molecular weight excluding hydrogens is 276 g/mol. The minimum atomic E-state index is 0.107. The van der Waals surface area contributed by atoms with Gasteiger partial charge in [-0.2, -0.15) is 0 Å². The number of benzene rings is 1. The van der Waals surface area contributed by atoms with Crippen LogP contribution in [-0.4, -0.2) is 29.4 Å². The predicted octanol–water partition coefficient (Wildman–Crippen LogP) is 3.44. The molecular formula is C18H20N2O2. The van der Waals surface area contributed by atoms with Crippen molar-refractivity contribution in [2.75, 3.05) is 13.7 Å². The molecule has 2 aromatic rings. The van der Waals surface area contributed by atoms with E-state index in [1.54, 1.807) is 14.0 Å².